The van der Waals surface area contributed by atoms with E-state index in [1.807, 2.05) is 42.5 Å². The molecule has 2 aromatic carbocycles. The first kappa shape index (κ1) is 22.1. The molecule has 0 bridgehead atoms. The van der Waals surface area contributed by atoms with E-state index in [1.54, 1.807) is 15.9 Å². The Kier molecular flexibility index (Phi) is 6.88. The van der Waals surface area contributed by atoms with E-state index in [4.69, 9.17) is 0 Å². The minimum atomic E-state index is -0.456. The third kappa shape index (κ3) is 4.27. The van der Waals surface area contributed by atoms with Gasteiger partial charge in [-0.15, -0.1) is 0 Å². The van der Waals surface area contributed by atoms with Gasteiger partial charge in [0, 0.05) is 30.6 Å². The van der Waals surface area contributed by atoms with Crippen molar-refractivity contribution in [1.29, 1.82) is 0 Å². The number of para-hydroxylation sites is 1. The van der Waals surface area contributed by atoms with Gasteiger partial charge in [0.2, 0.25) is 5.91 Å². The molecule has 2 aliphatic heterocycles. The topological polar surface area (TPSA) is 69.7 Å². The van der Waals surface area contributed by atoms with E-state index in [-0.39, 0.29) is 17.7 Å². The van der Waals surface area contributed by atoms with Gasteiger partial charge in [-0.25, -0.2) is 0 Å². The number of fused-ring (bicyclic) bond motifs is 5. The molecule has 0 saturated carbocycles. The third-order valence-corrected chi connectivity index (χ3v) is 6.29. The van der Waals surface area contributed by atoms with Crippen molar-refractivity contribution >= 4 is 23.4 Å². The summed E-state index contributed by atoms with van der Waals surface area (Å²) in [6.45, 7) is 3.31. The molecule has 3 amide bonds. The smallest absolute Gasteiger partial charge is 0.260 e. The molecule has 168 valence electrons. The molecule has 0 aromatic heterocycles. The van der Waals surface area contributed by atoms with E-state index in [0.717, 1.165) is 18.4 Å². The van der Waals surface area contributed by atoms with Gasteiger partial charge < -0.3 is 10.2 Å². The molecule has 2 heterocycles. The van der Waals surface area contributed by atoms with E-state index in [9.17, 15) is 14.4 Å². The second-order valence-electron chi connectivity index (χ2n) is 8.52. The lowest BCUT2D eigenvalue weighted by molar-refractivity contribution is -0.121. The molecule has 0 radical (unpaired) electrons. The number of rotatable bonds is 10. The van der Waals surface area contributed by atoms with Crippen molar-refractivity contribution in [3.8, 4) is 0 Å². The van der Waals surface area contributed by atoms with Crippen LogP contribution in [0.3, 0.4) is 0 Å². The zero-order valence-corrected chi connectivity index (χ0v) is 18.7. The Hall–Kier alpha value is -3.15. The Morgan fingerprint density at radius 1 is 0.875 bits per heavy atom. The van der Waals surface area contributed by atoms with Crippen LogP contribution in [0.15, 0.2) is 48.5 Å². The van der Waals surface area contributed by atoms with Crippen molar-refractivity contribution in [1.82, 2.24) is 10.2 Å². The Morgan fingerprint density at radius 2 is 1.59 bits per heavy atom. The molecule has 2 aliphatic rings. The standard InChI is InChI=1S/C26H31N3O3/c1-2-3-4-5-10-17-27-23(30)16-11-18-28-24-19-12-6-7-13-20(19)26(32)29(24)22-15-9-8-14-21(22)25(28)31/h6-9,12-15,24H,2-5,10-11,16-18H2,1H3,(H,27,30)/t24-/m1/s1. The van der Waals surface area contributed by atoms with Crippen LogP contribution in [0.1, 0.15) is 84.3 Å². The zero-order valence-electron chi connectivity index (χ0n) is 18.7. The van der Waals surface area contributed by atoms with Crippen LogP contribution in [0.2, 0.25) is 0 Å². The van der Waals surface area contributed by atoms with Crippen molar-refractivity contribution in [3.05, 3.63) is 65.2 Å². The third-order valence-electron chi connectivity index (χ3n) is 6.29. The van der Waals surface area contributed by atoms with Crippen LogP contribution < -0.4 is 10.2 Å². The average Bonchev–Trinajstić information content (AvgIpc) is 3.11. The maximum absolute atomic E-state index is 13.3. The van der Waals surface area contributed by atoms with Crippen LogP contribution in [-0.4, -0.2) is 35.7 Å². The average molecular weight is 434 g/mol. The summed E-state index contributed by atoms with van der Waals surface area (Å²) >= 11 is 0. The quantitative estimate of drug-likeness (QED) is 0.554. The summed E-state index contributed by atoms with van der Waals surface area (Å²) < 4.78 is 0. The van der Waals surface area contributed by atoms with Gasteiger partial charge in [-0.05, 0) is 31.0 Å². The van der Waals surface area contributed by atoms with Crippen LogP contribution in [0.4, 0.5) is 5.69 Å². The summed E-state index contributed by atoms with van der Waals surface area (Å²) in [5.41, 5.74) is 2.66. The summed E-state index contributed by atoms with van der Waals surface area (Å²) in [7, 11) is 0. The molecular weight excluding hydrogens is 402 g/mol. The Balaban J connectivity index is 1.42. The Labute approximate surface area is 189 Å². The van der Waals surface area contributed by atoms with Gasteiger partial charge in [-0.1, -0.05) is 62.9 Å². The maximum Gasteiger partial charge on any atom is 0.260 e. The minimum absolute atomic E-state index is 0.0186. The van der Waals surface area contributed by atoms with Crippen LogP contribution in [-0.2, 0) is 4.79 Å². The number of unbranched alkanes of at least 4 members (excludes halogenated alkanes) is 4. The van der Waals surface area contributed by atoms with Gasteiger partial charge in [0.25, 0.3) is 11.8 Å². The van der Waals surface area contributed by atoms with Crippen molar-refractivity contribution in [2.45, 2.75) is 58.0 Å². The summed E-state index contributed by atoms with van der Waals surface area (Å²) in [6.07, 6.45) is 6.26. The fourth-order valence-corrected chi connectivity index (χ4v) is 4.65. The van der Waals surface area contributed by atoms with Gasteiger partial charge in [-0.3, -0.25) is 19.3 Å². The summed E-state index contributed by atoms with van der Waals surface area (Å²) in [5, 5.41) is 2.99. The van der Waals surface area contributed by atoms with Gasteiger partial charge >= 0.3 is 0 Å². The van der Waals surface area contributed by atoms with Crippen LogP contribution in [0, 0.1) is 0 Å². The normalized spacial score (nSPS) is 16.6. The number of amides is 3. The number of carbonyl (C=O) groups excluding carboxylic acids is 3. The zero-order chi connectivity index (χ0) is 22.5. The molecule has 2 aromatic rings. The highest BCUT2D eigenvalue weighted by atomic mass is 16.2. The monoisotopic (exact) mass is 433 g/mol. The van der Waals surface area contributed by atoms with Crippen molar-refractivity contribution < 1.29 is 14.4 Å². The van der Waals surface area contributed by atoms with E-state index in [0.29, 0.717) is 42.7 Å². The molecule has 1 N–H and O–H groups in total. The molecule has 0 spiro atoms. The summed E-state index contributed by atoms with van der Waals surface area (Å²) in [4.78, 5) is 42.2. The number of carbonyl (C=O) groups is 3. The fraction of sp³-hybridized carbons (Fsp3) is 0.423. The highest BCUT2D eigenvalue weighted by Crippen LogP contribution is 2.45. The summed E-state index contributed by atoms with van der Waals surface area (Å²) in [5.74, 6) is -0.163. The lowest BCUT2D eigenvalue weighted by Gasteiger charge is -2.41. The molecule has 0 aliphatic carbocycles. The molecule has 4 rings (SSSR count). The number of hydrogen-bond donors (Lipinski definition) is 1. The Bertz CT molecular complexity index is 1000. The van der Waals surface area contributed by atoms with E-state index < -0.39 is 6.17 Å². The molecule has 0 fully saturated rings. The van der Waals surface area contributed by atoms with Crippen LogP contribution in [0.25, 0.3) is 0 Å². The van der Waals surface area contributed by atoms with Gasteiger partial charge in [-0.2, -0.15) is 0 Å². The van der Waals surface area contributed by atoms with Gasteiger partial charge in [0.15, 0.2) is 0 Å². The van der Waals surface area contributed by atoms with Gasteiger partial charge in [0.05, 0.1) is 11.3 Å². The predicted octanol–water partition coefficient (Wildman–Crippen LogP) is 4.67. The lowest BCUT2D eigenvalue weighted by atomic mass is 10.0. The highest BCUT2D eigenvalue weighted by Gasteiger charge is 2.47. The largest absolute Gasteiger partial charge is 0.356 e. The second-order valence-corrected chi connectivity index (χ2v) is 8.52. The van der Waals surface area contributed by atoms with Crippen LogP contribution in [0.5, 0.6) is 0 Å². The minimum Gasteiger partial charge on any atom is -0.356 e. The molecule has 6 nitrogen and oxygen atoms in total. The SMILES string of the molecule is CCCCCCCNC(=O)CCCN1C(=O)c2ccccc2N2C(=O)c3ccccc3[C@H]12. The molecule has 0 saturated heterocycles. The van der Waals surface area contributed by atoms with Crippen molar-refractivity contribution in [3.63, 3.8) is 0 Å². The van der Waals surface area contributed by atoms with E-state index >= 15 is 0 Å². The van der Waals surface area contributed by atoms with E-state index in [1.165, 1.54) is 19.3 Å². The predicted molar refractivity (Wildman–Crippen MR) is 124 cm³/mol. The lowest BCUT2D eigenvalue weighted by Crippen LogP contribution is -2.48. The first-order valence-corrected chi connectivity index (χ1v) is 11.7. The maximum atomic E-state index is 13.3. The molecule has 1 atom stereocenters. The molecule has 32 heavy (non-hydrogen) atoms. The highest BCUT2D eigenvalue weighted by molar-refractivity contribution is 6.16. The van der Waals surface area contributed by atoms with Crippen molar-refractivity contribution in [2.24, 2.45) is 0 Å². The number of benzene rings is 2. The number of nitrogens with one attached hydrogen (secondary N) is 1. The molecule has 0 unspecified atom stereocenters. The summed E-state index contributed by atoms with van der Waals surface area (Å²) in [6, 6.07) is 14.7. The number of nitrogens with zero attached hydrogens (tertiary/aromatic N) is 2. The van der Waals surface area contributed by atoms with Crippen molar-refractivity contribution in [2.75, 3.05) is 18.0 Å². The first-order valence-electron chi connectivity index (χ1n) is 11.7. The number of hydrogen-bond acceptors (Lipinski definition) is 3. The molecular formula is C26H31N3O3. The van der Waals surface area contributed by atoms with E-state index in [2.05, 4.69) is 12.2 Å². The van der Waals surface area contributed by atoms with Gasteiger partial charge in [0.1, 0.15) is 6.17 Å². The number of anilines is 1. The molecule has 6 heteroatoms. The fourth-order valence-electron chi connectivity index (χ4n) is 4.65. The van der Waals surface area contributed by atoms with Crippen LogP contribution >= 0.6 is 0 Å². The Morgan fingerprint density at radius 3 is 2.41 bits per heavy atom. The first-order chi connectivity index (χ1) is 15.6. The second kappa shape index (κ2) is 9.98.